The van der Waals surface area contributed by atoms with E-state index in [2.05, 4.69) is 16.0 Å². The van der Waals surface area contributed by atoms with Gasteiger partial charge in [0.05, 0.1) is 25.7 Å². The molecule has 2 aromatic rings. The lowest BCUT2D eigenvalue weighted by atomic mass is 9.82. The Morgan fingerprint density at radius 2 is 1.84 bits per heavy atom. The van der Waals surface area contributed by atoms with Crippen LogP contribution in [-0.4, -0.2) is 42.7 Å². The molecule has 0 spiro atoms. The van der Waals surface area contributed by atoms with Crippen LogP contribution in [0.4, 0.5) is 14.9 Å². The topological polar surface area (TPSA) is 82.7 Å². The van der Waals surface area contributed by atoms with Crippen molar-refractivity contribution in [2.75, 3.05) is 19.0 Å². The smallest absolute Gasteiger partial charge is 0.322 e. The number of anilines is 1. The largest absolute Gasteiger partial charge is 0.497 e. The quantitative estimate of drug-likeness (QED) is 0.642. The predicted octanol–water partition coefficient (Wildman–Crippen LogP) is 3.47. The monoisotopic (exact) mass is 440 g/mol. The molecule has 3 unspecified atom stereocenters. The zero-order valence-electron chi connectivity index (χ0n) is 18.1. The van der Waals surface area contributed by atoms with Crippen LogP contribution in [0.3, 0.4) is 0 Å². The van der Waals surface area contributed by atoms with Crippen molar-refractivity contribution in [1.29, 1.82) is 0 Å². The summed E-state index contributed by atoms with van der Waals surface area (Å²) in [5.74, 6) is 0.430. The molecule has 1 saturated carbocycles. The molecule has 3 N–H and O–H groups in total. The molecule has 3 amide bonds. The predicted molar refractivity (Wildman–Crippen MR) is 120 cm³/mol. The summed E-state index contributed by atoms with van der Waals surface area (Å²) in [7, 11) is 1.60. The van der Waals surface area contributed by atoms with E-state index in [-0.39, 0.29) is 35.9 Å². The summed E-state index contributed by atoms with van der Waals surface area (Å²) in [5.41, 5.74) is 1.43. The van der Waals surface area contributed by atoms with Crippen LogP contribution in [-0.2, 0) is 11.3 Å². The van der Waals surface area contributed by atoms with E-state index in [1.807, 2.05) is 24.3 Å². The number of halogens is 1. The Kier molecular flexibility index (Phi) is 6.90. The number of benzene rings is 2. The van der Waals surface area contributed by atoms with Gasteiger partial charge < -0.3 is 20.3 Å². The van der Waals surface area contributed by atoms with Gasteiger partial charge in [0.1, 0.15) is 11.6 Å². The summed E-state index contributed by atoms with van der Waals surface area (Å²) in [6, 6.07) is 13.0. The number of urea groups is 1. The van der Waals surface area contributed by atoms with Gasteiger partial charge in [0, 0.05) is 18.3 Å². The first-order valence-corrected chi connectivity index (χ1v) is 11.0. The van der Waals surface area contributed by atoms with Crippen molar-refractivity contribution >= 4 is 17.6 Å². The average Bonchev–Trinajstić information content (AvgIpc) is 2.80. The van der Waals surface area contributed by atoms with Crippen LogP contribution in [0, 0.1) is 11.7 Å². The minimum absolute atomic E-state index is 0.00285. The molecule has 2 aromatic carbocycles. The number of hydrogen-bond acceptors (Lipinski definition) is 4. The highest BCUT2D eigenvalue weighted by Gasteiger charge is 2.38. The lowest BCUT2D eigenvalue weighted by Gasteiger charge is -2.41. The Bertz CT molecular complexity index is 935. The minimum atomic E-state index is -0.366. The van der Waals surface area contributed by atoms with Crippen LogP contribution < -0.4 is 20.7 Å². The van der Waals surface area contributed by atoms with E-state index in [9.17, 15) is 14.0 Å². The maximum Gasteiger partial charge on any atom is 0.322 e. The third-order valence-electron chi connectivity index (χ3n) is 6.15. The van der Waals surface area contributed by atoms with Crippen LogP contribution >= 0.6 is 0 Å². The number of methoxy groups -OCH3 is 1. The first-order chi connectivity index (χ1) is 15.5. The van der Waals surface area contributed by atoms with Gasteiger partial charge in [-0.3, -0.25) is 10.1 Å². The fourth-order valence-electron chi connectivity index (χ4n) is 4.45. The van der Waals surface area contributed by atoms with Gasteiger partial charge in [0.15, 0.2) is 0 Å². The molecule has 4 rings (SSSR count). The van der Waals surface area contributed by atoms with Gasteiger partial charge in [-0.25, -0.2) is 9.18 Å². The second-order valence-electron chi connectivity index (χ2n) is 8.39. The fourth-order valence-corrected chi connectivity index (χ4v) is 4.45. The van der Waals surface area contributed by atoms with E-state index >= 15 is 0 Å². The Morgan fingerprint density at radius 1 is 1.12 bits per heavy atom. The molecule has 3 atom stereocenters. The molecular formula is C24H29FN4O3. The number of ether oxygens (including phenoxy) is 1. The van der Waals surface area contributed by atoms with E-state index in [0.29, 0.717) is 18.8 Å². The van der Waals surface area contributed by atoms with E-state index < -0.39 is 0 Å². The molecule has 1 heterocycles. The molecule has 0 bridgehead atoms. The molecular weight excluding hydrogens is 411 g/mol. The molecule has 32 heavy (non-hydrogen) atoms. The number of hydrogen-bond donors (Lipinski definition) is 3. The summed E-state index contributed by atoms with van der Waals surface area (Å²) in [4.78, 5) is 27.4. The highest BCUT2D eigenvalue weighted by molar-refractivity contribution is 5.89. The lowest BCUT2D eigenvalue weighted by Crippen LogP contribution is -2.65. The van der Waals surface area contributed by atoms with Crippen molar-refractivity contribution in [1.82, 2.24) is 15.5 Å². The number of carbonyl (C=O) groups excluding carboxylic acids is 2. The maximum absolute atomic E-state index is 13.2. The molecule has 1 aliphatic carbocycles. The Morgan fingerprint density at radius 3 is 2.56 bits per heavy atom. The minimum Gasteiger partial charge on any atom is -0.497 e. The van der Waals surface area contributed by atoms with Crippen molar-refractivity contribution in [3.63, 3.8) is 0 Å². The first kappa shape index (κ1) is 22.1. The van der Waals surface area contributed by atoms with Crippen LogP contribution in [0.5, 0.6) is 5.75 Å². The molecule has 2 aliphatic rings. The second kappa shape index (κ2) is 9.99. The second-order valence-corrected chi connectivity index (χ2v) is 8.39. The maximum atomic E-state index is 13.2. The van der Waals surface area contributed by atoms with E-state index in [1.54, 1.807) is 12.0 Å². The summed E-state index contributed by atoms with van der Waals surface area (Å²) in [5, 5.41) is 9.38. The average molecular weight is 441 g/mol. The number of fused-ring (bicyclic) bond motifs is 1. The number of nitrogens with zero attached hydrogens (tertiary/aromatic N) is 1. The standard InChI is InChI=1S/C24H29FN4O3/c1-32-19-12-6-16(7-13-19)14-29(24(31)26-18-10-8-17(25)9-11-18)15-22-27-21-5-3-2-4-20(21)23(30)28-22/h6-13,20-22,27H,2-5,14-15H2,1H3,(H,26,31)(H,28,30). The number of carbonyl (C=O) groups is 2. The van der Waals surface area contributed by atoms with Crippen molar-refractivity contribution in [3.8, 4) is 5.75 Å². The van der Waals surface area contributed by atoms with E-state index in [0.717, 1.165) is 37.0 Å². The highest BCUT2D eigenvalue weighted by atomic mass is 19.1. The van der Waals surface area contributed by atoms with Crippen molar-refractivity contribution in [2.45, 2.75) is 44.4 Å². The van der Waals surface area contributed by atoms with Gasteiger partial charge in [0.2, 0.25) is 5.91 Å². The summed E-state index contributed by atoms with van der Waals surface area (Å²) in [6.07, 6.45) is 3.71. The zero-order valence-corrected chi connectivity index (χ0v) is 18.1. The highest BCUT2D eigenvalue weighted by Crippen LogP contribution is 2.27. The molecule has 0 aromatic heterocycles. The van der Waals surface area contributed by atoms with Gasteiger partial charge in [-0.1, -0.05) is 25.0 Å². The first-order valence-electron chi connectivity index (χ1n) is 11.0. The normalized spacial score (nSPS) is 22.4. The van der Waals surface area contributed by atoms with Crippen LogP contribution in [0.15, 0.2) is 48.5 Å². The molecule has 7 nitrogen and oxygen atoms in total. The van der Waals surface area contributed by atoms with E-state index in [1.165, 1.54) is 24.3 Å². The zero-order chi connectivity index (χ0) is 22.5. The molecule has 1 aliphatic heterocycles. The Labute approximate surface area is 187 Å². The van der Waals surface area contributed by atoms with Gasteiger partial charge in [-0.2, -0.15) is 0 Å². The van der Waals surface area contributed by atoms with Crippen LogP contribution in [0.2, 0.25) is 0 Å². The Hall–Kier alpha value is -3.13. The Balaban J connectivity index is 1.48. The molecule has 2 fully saturated rings. The van der Waals surface area contributed by atoms with Crippen LogP contribution in [0.25, 0.3) is 0 Å². The van der Waals surface area contributed by atoms with Crippen molar-refractivity contribution < 1.29 is 18.7 Å². The van der Waals surface area contributed by atoms with E-state index in [4.69, 9.17) is 4.74 Å². The van der Waals surface area contributed by atoms with Gasteiger partial charge in [-0.15, -0.1) is 0 Å². The third kappa shape index (κ3) is 5.37. The third-order valence-corrected chi connectivity index (χ3v) is 6.15. The van der Waals surface area contributed by atoms with Gasteiger partial charge >= 0.3 is 6.03 Å². The molecule has 170 valence electrons. The number of amides is 3. The van der Waals surface area contributed by atoms with Crippen molar-refractivity contribution in [3.05, 3.63) is 59.9 Å². The summed E-state index contributed by atoms with van der Waals surface area (Å²) in [6.45, 7) is 0.646. The SMILES string of the molecule is COc1ccc(CN(CC2NC(=O)C3CCCCC3N2)C(=O)Nc2ccc(F)cc2)cc1. The number of rotatable bonds is 6. The summed E-state index contributed by atoms with van der Waals surface area (Å²) < 4.78 is 18.4. The molecule has 0 radical (unpaired) electrons. The van der Waals surface area contributed by atoms with Crippen LogP contribution in [0.1, 0.15) is 31.2 Å². The van der Waals surface area contributed by atoms with Crippen molar-refractivity contribution in [2.24, 2.45) is 5.92 Å². The number of nitrogens with one attached hydrogen (secondary N) is 3. The summed E-state index contributed by atoms with van der Waals surface area (Å²) >= 11 is 0. The lowest BCUT2D eigenvalue weighted by molar-refractivity contribution is -0.131. The van der Waals surface area contributed by atoms with Gasteiger partial charge in [-0.05, 0) is 54.8 Å². The fraction of sp³-hybridized carbons (Fsp3) is 0.417. The van der Waals surface area contributed by atoms with Gasteiger partial charge in [0.25, 0.3) is 0 Å². The molecule has 8 heteroatoms. The molecule has 1 saturated heterocycles.